The summed E-state index contributed by atoms with van der Waals surface area (Å²) in [5, 5.41) is 1.24. The van der Waals surface area contributed by atoms with Crippen molar-refractivity contribution in [3.63, 3.8) is 0 Å². The van der Waals surface area contributed by atoms with Gasteiger partial charge in [-0.15, -0.1) is 0 Å². The summed E-state index contributed by atoms with van der Waals surface area (Å²) in [6.45, 7) is 6.34. The van der Waals surface area contributed by atoms with Gasteiger partial charge in [-0.25, -0.2) is 4.79 Å². The van der Waals surface area contributed by atoms with Gasteiger partial charge < -0.3 is 9.47 Å². The van der Waals surface area contributed by atoms with Crippen LogP contribution < -0.4 is 0 Å². The molecule has 0 saturated carbocycles. The Morgan fingerprint density at radius 1 is 1.50 bits per heavy atom. The van der Waals surface area contributed by atoms with Crippen LogP contribution in [0, 0.1) is 5.92 Å². The highest BCUT2D eigenvalue weighted by atomic mass is 16.7. The molecule has 2 atom stereocenters. The zero-order valence-corrected chi connectivity index (χ0v) is 9.80. The summed E-state index contributed by atoms with van der Waals surface area (Å²) in [6.07, 6.45) is 3.16. The molecule has 90 valence electrons. The number of ether oxygens (including phenoxy) is 2. The second-order valence-electron chi connectivity index (χ2n) is 5.00. The van der Waals surface area contributed by atoms with Gasteiger partial charge in [-0.3, -0.25) is 4.84 Å². The molecule has 0 aromatic heterocycles. The van der Waals surface area contributed by atoms with Crippen molar-refractivity contribution in [2.24, 2.45) is 5.92 Å². The molecule has 1 saturated heterocycles. The Balaban J connectivity index is 1.89. The van der Waals surface area contributed by atoms with Gasteiger partial charge in [0.05, 0.1) is 19.4 Å². The van der Waals surface area contributed by atoms with E-state index in [0.29, 0.717) is 13.2 Å². The first-order valence-electron chi connectivity index (χ1n) is 5.41. The standard InChI is InChI=1S/C11H17NO4/c1-11(2,3)16-10(13)12-6-9-8(7-15-12)4-5-14-9/h4-5,8-9H,6-7H2,1-3H3. The fourth-order valence-corrected chi connectivity index (χ4v) is 1.65. The van der Waals surface area contributed by atoms with Gasteiger partial charge in [0.15, 0.2) is 0 Å². The molecule has 0 aromatic rings. The summed E-state index contributed by atoms with van der Waals surface area (Å²) in [5.41, 5.74) is -0.508. The first-order valence-corrected chi connectivity index (χ1v) is 5.41. The van der Waals surface area contributed by atoms with E-state index in [1.54, 1.807) is 6.26 Å². The zero-order valence-electron chi connectivity index (χ0n) is 9.80. The van der Waals surface area contributed by atoms with Gasteiger partial charge in [0.1, 0.15) is 11.7 Å². The van der Waals surface area contributed by atoms with E-state index < -0.39 is 11.7 Å². The zero-order chi connectivity index (χ0) is 11.8. The normalized spacial score (nSPS) is 28.6. The number of carbonyl (C=O) groups excluding carboxylic acids is 1. The molecule has 5 nitrogen and oxygen atoms in total. The topological polar surface area (TPSA) is 48.0 Å². The van der Waals surface area contributed by atoms with Crippen LogP contribution in [0.5, 0.6) is 0 Å². The quantitative estimate of drug-likeness (QED) is 0.632. The van der Waals surface area contributed by atoms with Gasteiger partial charge in [0.2, 0.25) is 0 Å². The van der Waals surface area contributed by atoms with Crippen molar-refractivity contribution < 1.29 is 19.1 Å². The molecule has 0 aromatic carbocycles. The molecular weight excluding hydrogens is 210 g/mol. The number of fused-ring (bicyclic) bond motifs is 1. The summed E-state index contributed by atoms with van der Waals surface area (Å²) in [5.74, 6) is 0.249. The van der Waals surface area contributed by atoms with Crippen molar-refractivity contribution in [2.75, 3.05) is 13.2 Å². The van der Waals surface area contributed by atoms with Crippen molar-refractivity contribution in [3.05, 3.63) is 12.3 Å². The predicted octanol–water partition coefficient (Wildman–Crippen LogP) is 1.70. The smallest absolute Gasteiger partial charge is 0.434 e. The van der Waals surface area contributed by atoms with Crippen molar-refractivity contribution in [2.45, 2.75) is 32.5 Å². The largest absolute Gasteiger partial charge is 0.496 e. The van der Waals surface area contributed by atoms with E-state index >= 15 is 0 Å². The molecule has 0 N–H and O–H groups in total. The summed E-state index contributed by atoms with van der Waals surface area (Å²) in [4.78, 5) is 17.0. The number of carbonyl (C=O) groups is 1. The molecule has 1 fully saturated rings. The van der Waals surface area contributed by atoms with Gasteiger partial charge in [0.25, 0.3) is 0 Å². The van der Waals surface area contributed by atoms with Crippen LogP contribution in [0.2, 0.25) is 0 Å². The number of hydrogen-bond acceptors (Lipinski definition) is 4. The van der Waals surface area contributed by atoms with E-state index in [-0.39, 0.29) is 12.0 Å². The maximum absolute atomic E-state index is 11.7. The Morgan fingerprint density at radius 3 is 2.94 bits per heavy atom. The maximum atomic E-state index is 11.7. The summed E-state index contributed by atoms with van der Waals surface area (Å²) in [6, 6.07) is 0. The fraction of sp³-hybridized carbons (Fsp3) is 0.727. The average molecular weight is 227 g/mol. The van der Waals surface area contributed by atoms with Crippen LogP contribution in [-0.4, -0.2) is 36.0 Å². The number of rotatable bonds is 0. The molecule has 2 aliphatic heterocycles. The first-order chi connectivity index (χ1) is 7.46. The molecule has 2 rings (SSSR count). The highest BCUT2D eigenvalue weighted by molar-refractivity contribution is 5.67. The summed E-state index contributed by atoms with van der Waals surface area (Å²) >= 11 is 0. The van der Waals surface area contributed by atoms with Gasteiger partial charge >= 0.3 is 6.09 Å². The van der Waals surface area contributed by atoms with Gasteiger partial charge in [-0.2, -0.15) is 5.06 Å². The Labute approximate surface area is 94.9 Å². The van der Waals surface area contributed by atoms with Crippen LogP contribution >= 0.6 is 0 Å². The lowest BCUT2D eigenvalue weighted by atomic mass is 10.0. The molecule has 1 amide bonds. The average Bonchev–Trinajstić information content (AvgIpc) is 2.61. The van der Waals surface area contributed by atoms with E-state index in [0.717, 1.165) is 0 Å². The Kier molecular flexibility index (Phi) is 2.80. The highest BCUT2D eigenvalue weighted by Crippen LogP contribution is 2.24. The molecule has 0 radical (unpaired) electrons. The molecule has 0 spiro atoms. The highest BCUT2D eigenvalue weighted by Gasteiger charge is 2.36. The van der Waals surface area contributed by atoms with Crippen LogP contribution in [0.3, 0.4) is 0 Å². The molecule has 0 aliphatic carbocycles. The maximum Gasteiger partial charge on any atom is 0.434 e. The fourth-order valence-electron chi connectivity index (χ4n) is 1.65. The second kappa shape index (κ2) is 3.97. The van der Waals surface area contributed by atoms with Crippen molar-refractivity contribution >= 4 is 6.09 Å². The van der Waals surface area contributed by atoms with Crippen molar-refractivity contribution in [1.82, 2.24) is 5.06 Å². The van der Waals surface area contributed by atoms with E-state index in [4.69, 9.17) is 14.3 Å². The van der Waals surface area contributed by atoms with E-state index in [1.807, 2.05) is 26.8 Å². The third kappa shape index (κ3) is 2.47. The van der Waals surface area contributed by atoms with Crippen molar-refractivity contribution in [3.8, 4) is 0 Å². The lowest BCUT2D eigenvalue weighted by Crippen LogP contribution is -2.48. The molecule has 2 unspecified atom stereocenters. The minimum atomic E-state index is -0.508. The van der Waals surface area contributed by atoms with Gasteiger partial charge in [-0.05, 0) is 26.8 Å². The van der Waals surface area contributed by atoms with Crippen LogP contribution in [0.1, 0.15) is 20.8 Å². The third-order valence-corrected chi connectivity index (χ3v) is 2.42. The molecule has 2 heterocycles. The Hall–Kier alpha value is -1.23. The van der Waals surface area contributed by atoms with E-state index in [9.17, 15) is 4.79 Å². The van der Waals surface area contributed by atoms with Crippen LogP contribution in [0.25, 0.3) is 0 Å². The Morgan fingerprint density at radius 2 is 2.25 bits per heavy atom. The van der Waals surface area contributed by atoms with Crippen molar-refractivity contribution in [1.29, 1.82) is 0 Å². The number of hydroxylamine groups is 2. The lowest BCUT2D eigenvalue weighted by molar-refractivity contribution is -0.198. The van der Waals surface area contributed by atoms with Crippen LogP contribution in [0.4, 0.5) is 4.79 Å². The molecular formula is C11H17NO4. The first kappa shape index (κ1) is 11.3. The van der Waals surface area contributed by atoms with Gasteiger partial charge in [-0.1, -0.05) is 0 Å². The third-order valence-electron chi connectivity index (χ3n) is 2.42. The minimum absolute atomic E-state index is 0.00117. The monoisotopic (exact) mass is 227 g/mol. The molecule has 16 heavy (non-hydrogen) atoms. The predicted molar refractivity (Wildman–Crippen MR) is 56.4 cm³/mol. The molecule has 0 bridgehead atoms. The minimum Gasteiger partial charge on any atom is -0.496 e. The molecule has 5 heteroatoms. The van der Waals surface area contributed by atoms with E-state index in [2.05, 4.69) is 0 Å². The van der Waals surface area contributed by atoms with Crippen LogP contribution in [0.15, 0.2) is 12.3 Å². The van der Waals surface area contributed by atoms with Crippen LogP contribution in [-0.2, 0) is 14.3 Å². The Bertz CT molecular complexity index is 308. The summed E-state index contributed by atoms with van der Waals surface area (Å²) in [7, 11) is 0. The lowest BCUT2D eigenvalue weighted by Gasteiger charge is -2.33. The number of hydrogen-bond donors (Lipinski definition) is 0. The second-order valence-corrected chi connectivity index (χ2v) is 5.00. The van der Waals surface area contributed by atoms with Gasteiger partial charge in [0, 0.05) is 5.92 Å². The number of amides is 1. The summed E-state index contributed by atoms with van der Waals surface area (Å²) < 4.78 is 10.6. The SMILES string of the molecule is CC(C)(C)OC(=O)N1CC2OC=CC2CO1. The molecule has 2 aliphatic rings. The number of nitrogens with zero attached hydrogens (tertiary/aromatic N) is 1. The van der Waals surface area contributed by atoms with E-state index in [1.165, 1.54) is 5.06 Å².